The number of aromatic nitrogens is 3. The van der Waals surface area contributed by atoms with Crippen LogP contribution >= 0.6 is 24.0 Å². The van der Waals surface area contributed by atoms with Crippen molar-refractivity contribution in [1.29, 1.82) is 0 Å². The van der Waals surface area contributed by atoms with Gasteiger partial charge in [-0.05, 0) is 77.3 Å². The highest BCUT2D eigenvalue weighted by Crippen LogP contribution is 2.27. The van der Waals surface area contributed by atoms with Crippen molar-refractivity contribution in [3.63, 3.8) is 0 Å². The lowest BCUT2D eigenvalue weighted by Crippen LogP contribution is -2.49. The number of piperidine rings is 1. The van der Waals surface area contributed by atoms with E-state index in [4.69, 9.17) is 9.73 Å². The number of rotatable bonds is 6. The van der Waals surface area contributed by atoms with Gasteiger partial charge in [0.05, 0.1) is 6.10 Å². The average molecular weight is 560 g/mol. The molecule has 1 aromatic rings. The lowest BCUT2D eigenvalue weighted by Gasteiger charge is -2.40. The highest BCUT2D eigenvalue weighted by atomic mass is 127. The largest absolute Gasteiger partial charge is 0.376 e. The van der Waals surface area contributed by atoms with Gasteiger partial charge in [-0.25, -0.2) is 4.99 Å². The summed E-state index contributed by atoms with van der Waals surface area (Å²) < 4.78 is 7.80. The number of guanidine groups is 1. The second-order valence-electron chi connectivity index (χ2n) is 9.77. The van der Waals surface area contributed by atoms with Gasteiger partial charge < -0.3 is 24.8 Å². The molecule has 0 spiro atoms. The minimum absolute atomic E-state index is 0. The Hall–Kier alpha value is -0.940. The summed E-state index contributed by atoms with van der Waals surface area (Å²) in [7, 11) is 2.00. The normalized spacial score (nSPS) is 27.8. The first-order valence-electron chi connectivity index (χ1n) is 12.3. The average Bonchev–Trinajstić information content (AvgIpc) is 3.42. The molecule has 1 aliphatic carbocycles. The van der Waals surface area contributed by atoms with E-state index >= 15 is 0 Å². The molecule has 0 amide bonds. The van der Waals surface area contributed by atoms with Crippen LogP contribution in [0.3, 0.4) is 0 Å². The maximum Gasteiger partial charge on any atom is 0.192 e. The van der Waals surface area contributed by atoms with E-state index in [1.54, 1.807) is 0 Å². The van der Waals surface area contributed by atoms with E-state index in [1.165, 1.54) is 51.6 Å². The highest BCUT2D eigenvalue weighted by Gasteiger charge is 2.28. The van der Waals surface area contributed by atoms with E-state index in [1.807, 2.05) is 18.5 Å². The van der Waals surface area contributed by atoms with Crippen molar-refractivity contribution in [2.75, 3.05) is 26.2 Å². The summed E-state index contributed by atoms with van der Waals surface area (Å²) in [5.74, 6) is 3.59. The fourth-order valence-electron chi connectivity index (χ4n) is 5.08. The van der Waals surface area contributed by atoms with E-state index < -0.39 is 0 Å². The van der Waals surface area contributed by atoms with Crippen molar-refractivity contribution in [2.24, 2.45) is 18.0 Å². The molecule has 0 radical (unpaired) electrons. The van der Waals surface area contributed by atoms with Crippen LogP contribution in [0.15, 0.2) is 4.99 Å². The molecule has 1 atom stereocenters. The van der Waals surface area contributed by atoms with E-state index in [9.17, 15) is 0 Å². The van der Waals surface area contributed by atoms with Crippen LogP contribution in [0.4, 0.5) is 0 Å². The summed E-state index contributed by atoms with van der Waals surface area (Å²) in [4.78, 5) is 7.59. The van der Waals surface area contributed by atoms with Gasteiger partial charge in [-0.1, -0.05) is 6.92 Å². The first-order chi connectivity index (χ1) is 15.1. The quantitative estimate of drug-likeness (QED) is 0.317. The highest BCUT2D eigenvalue weighted by molar-refractivity contribution is 14.0. The third kappa shape index (κ3) is 7.03. The van der Waals surface area contributed by atoms with Gasteiger partial charge in [-0.2, -0.15) is 0 Å². The number of aliphatic imine (C=N–C) groups is 1. The Morgan fingerprint density at radius 3 is 2.47 bits per heavy atom. The first-order valence-corrected chi connectivity index (χ1v) is 12.3. The summed E-state index contributed by atoms with van der Waals surface area (Å²) in [5, 5.41) is 15.7. The molecule has 0 aromatic carbocycles. The Morgan fingerprint density at radius 2 is 1.84 bits per heavy atom. The minimum atomic E-state index is 0. The molecule has 2 aliphatic heterocycles. The molecule has 4 rings (SSSR count). The zero-order chi connectivity index (χ0) is 21.6. The molecule has 32 heavy (non-hydrogen) atoms. The number of hydrogen-bond acceptors (Lipinski definition) is 5. The number of nitrogens with zero attached hydrogens (tertiary/aromatic N) is 5. The second kappa shape index (κ2) is 12.5. The molecule has 9 heteroatoms. The molecular weight excluding hydrogens is 517 g/mol. The molecule has 2 N–H and O–H groups in total. The van der Waals surface area contributed by atoms with Gasteiger partial charge in [-0.15, -0.1) is 34.2 Å². The van der Waals surface area contributed by atoms with Gasteiger partial charge in [0.25, 0.3) is 0 Å². The van der Waals surface area contributed by atoms with Gasteiger partial charge >= 0.3 is 0 Å². The summed E-state index contributed by atoms with van der Waals surface area (Å²) in [6.45, 7) is 9.16. The topological polar surface area (TPSA) is 79.6 Å². The fraction of sp³-hybridized carbons (Fsp3) is 0.870. The lowest BCUT2D eigenvalue weighted by molar-refractivity contribution is 0.105. The van der Waals surface area contributed by atoms with Crippen LogP contribution in [-0.4, -0.2) is 70.1 Å². The molecule has 1 aromatic heterocycles. The van der Waals surface area contributed by atoms with Gasteiger partial charge in [-0.3, -0.25) is 0 Å². The van der Waals surface area contributed by atoms with Crippen molar-refractivity contribution in [2.45, 2.75) is 89.9 Å². The van der Waals surface area contributed by atoms with Crippen LogP contribution < -0.4 is 10.6 Å². The van der Waals surface area contributed by atoms with Crippen molar-refractivity contribution < 1.29 is 4.74 Å². The lowest BCUT2D eigenvalue weighted by atomic mass is 9.88. The second-order valence-corrected chi connectivity index (χ2v) is 9.77. The Bertz CT molecular complexity index is 718. The maximum atomic E-state index is 5.79. The predicted octanol–water partition coefficient (Wildman–Crippen LogP) is 3.00. The predicted molar refractivity (Wildman–Crippen MR) is 138 cm³/mol. The van der Waals surface area contributed by atoms with Crippen LogP contribution in [0.25, 0.3) is 0 Å². The zero-order valence-electron chi connectivity index (χ0n) is 20.1. The molecule has 3 heterocycles. The zero-order valence-corrected chi connectivity index (χ0v) is 22.4. The number of nitrogens with one attached hydrogen (secondary N) is 2. The number of halogens is 1. The van der Waals surface area contributed by atoms with Crippen LogP contribution in [0.2, 0.25) is 0 Å². The number of aryl methyl sites for hydroxylation is 1. The molecule has 0 bridgehead atoms. The van der Waals surface area contributed by atoms with Crippen molar-refractivity contribution in [1.82, 2.24) is 30.3 Å². The number of likely N-dealkylation sites (tertiary alicyclic amines) is 1. The van der Waals surface area contributed by atoms with Gasteiger partial charge in [0.15, 0.2) is 11.8 Å². The van der Waals surface area contributed by atoms with Gasteiger partial charge in [0, 0.05) is 32.3 Å². The monoisotopic (exact) mass is 559 g/mol. The van der Waals surface area contributed by atoms with Crippen molar-refractivity contribution >= 4 is 29.9 Å². The minimum Gasteiger partial charge on any atom is -0.376 e. The standard InChI is InChI=1S/C23H41N7O.HI/c1-17-10-12-30(13-11-17)20-8-6-19(7-9-20)26-23(24-15-21-5-4-14-31-21)25-16-22-28-27-18(2)29(22)3;/h17,19-21H,4-16H2,1-3H3,(H2,24,25,26);1H. The Kier molecular flexibility index (Phi) is 10.0. The van der Waals surface area contributed by atoms with E-state index in [2.05, 4.69) is 32.7 Å². The maximum absolute atomic E-state index is 5.79. The summed E-state index contributed by atoms with van der Waals surface area (Å²) in [5.41, 5.74) is 0. The molecular formula is C23H42IN7O. The number of ether oxygens (including phenoxy) is 1. The molecule has 3 fully saturated rings. The Balaban J connectivity index is 0.00000289. The third-order valence-electron chi connectivity index (χ3n) is 7.45. The van der Waals surface area contributed by atoms with Gasteiger partial charge in [0.1, 0.15) is 12.4 Å². The molecule has 8 nitrogen and oxygen atoms in total. The van der Waals surface area contributed by atoms with Crippen LogP contribution in [0.5, 0.6) is 0 Å². The molecule has 3 aliphatic rings. The fourth-order valence-corrected chi connectivity index (χ4v) is 5.08. The van der Waals surface area contributed by atoms with Gasteiger partial charge in [0.2, 0.25) is 0 Å². The molecule has 182 valence electrons. The van der Waals surface area contributed by atoms with E-state index in [0.717, 1.165) is 55.6 Å². The summed E-state index contributed by atoms with van der Waals surface area (Å²) in [6, 6.07) is 1.25. The molecule has 1 saturated carbocycles. The first kappa shape index (κ1) is 25.7. The smallest absolute Gasteiger partial charge is 0.192 e. The molecule has 2 saturated heterocycles. The van der Waals surface area contributed by atoms with E-state index in [-0.39, 0.29) is 24.0 Å². The third-order valence-corrected chi connectivity index (χ3v) is 7.45. The van der Waals surface area contributed by atoms with Crippen LogP contribution in [-0.2, 0) is 18.3 Å². The molecule has 1 unspecified atom stereocenters. The summed E-state index contributed by atoms with van der Waals surface area (Å²) in [6.07, 6.45) is 10.3. The Labute approximate surface area is 210 Å². The van der Waals surface area contributed by atoms with E-state index in [0.29, 0.717) is 18.7 Å². The van der Waals surface area contributed by atoms with Crippen molar-refractivity contribution in [3.8, 4) is 0 Å². The summed E-state index contributed by atoms with van der Waals surface area (Å²) >= 11 is 0. The van der Waals surface area contributed by atoms with Crippen molar-refractivity contribution in [3.05, 3.63) is 11.6 Å². The Morgan fingerprint density at radius 1 is 1.09 bits per heavy atom. The van der Waals surface area contributed by atoms with Crippen LogP contribution in [0, 0.1) is 12.8 Å². The van der Waals surface area contributed by atoms with Crippen LogP contribution in [0.1, 0.15) is 69.9 Å². The SMILES string of the molecule is Cc1nnc(CN=C(NCC2CCCO2)NC2CCC(N3CCC(C)CC3)CC2)n1C.I. The number of hydrogen-bond donors (Lipinski definition) is 2.